The fourth-order valence-electron chi connectivity index (χ4n) is 4.01. The van der Waals surface area contributed by atoms with E-state index in [0.717, 1.165) is 19.3 Å². The first-order valence-electron chi connectivity index (χ1n) is 8.94. The number of carbonyl (C=O) groups is 1. The zero-order chi connectivity index (χ0) is 17.3. The van der Waals surface area contributed by atoms with Gasteiger partial charge in [0.15, 0.2) is 0 Å². The molecule has 1 aromatic heterocycles. The van der Waals surface area contributed by atoms with Gasteiger partial charge in [0.25, 0.3) is 5.91 Å². The molecular formula is C19H23N3O3. The van der Waals surface area contributed by atoms with Crippen molar-refractivity contribution >= 4 is 5.91 Å². The lowest BCUT2D eigenvalue weighted by Crippen LogP contribution is -2.37. The van der Waals surface area contributed by atoms with Gasteiger partial charge in [-0.25, -0.2) is 0 Å². The van der Waals surface area contributed by atoms with Crippen LogP contribution in [0.5, 0.6) is 5.75 Å². The Morgan fingerprint density at radius 1 is 1.28 bits per heavy atom. The molecule has 4 rings (SSSR count). The van der Waals surface area contributed by atoms with Crippen LogP contribution < -0.4 is 5.32 Å². The van der Waals surface area contributed by atoms with Crippen molar-refractivity contribution in [1.82, 2.24) is 15.5 Å². The van der Waals surface area contributed by atoms with Gasteiger partial charge in [0, 0.05) is 5.56 Å². The molecule has 1 saturated heterocycles. The third-order valence-electron chi connectivity index (χ3n) is 5.31. The lowest BCUT2D eigenvalue weighted by atomic mass is 9.82. The van der Waals surface area contributed by atoms with Crippen molar-refractivity contribution in [2.45, 2.75) is 50.2 Å². The smallest absolute Gasteiger partial charge is 0.269 e. The van der Waals surface area contributed by atoms with E-state index in [1.807, 2.05) is 6.07 Å². The molecule has 1 saturated carbocycles. The third kappa shape index (κ3) is 3.26. The van der Waals surface area contributed by atoms with Crippen LogP contribution in [0.4, 0.5) is 0 Å². The molecule has 2 heterocycles. The standard InChI is InChI=1S/C19H23N3O3/c23-17-7-3-2-6-14(17)15-10-16(22-21-15)18(24)20-13-11-19(25-12-13)8-4-1-5-9-19/h2-3,6-7,10,13,23H,1,4-5,8-9,11-12H2,(H,20,24)(H,21,22). The van der Waals surface area contributed by atoms with E-state index < -0.39 is 0 Å². The number of aromatic nitrogens is 2. The Hall–Kier alpha value is -2.34. The van der Waals surface area contributed by atoms with E-state index in [2.05, 4.69) is 15.5 Å². The average Bonchev–Trinajstić information content (AvgIpc) is 3.24. The molecule has 2 aromatic rings. The van der Waals surface area contributed by atoms with E-state index in [9.17, 15) is 9.90 Å². The topological polar surface area (TPSA) is 87.2 Å². The molecule has 1 unspecified atom stereocenters. The second-order valence-electron chi connectivity index (χ2n) is 7.11. The monoisotopic (exact) mass is 341 g/mol. The number of aromatic amines is 1. The fourth-order valence-corrected chi connectivity index (χ4v) is 4.01. The molecule has 1 aliphatic carbocycles. The predicted octanol–water partition coefficient (Wildman–Crippen LogP) is 3.00. The van der Waals surface area contributed by atoms with Crippen LogP contribution in [0.3, 0.4) is 0 Å². The number of ether oxygens (including phenoxy) is 1. The first-order chi connectivity index (χ1) is 12.2. The second-order valence-corrected chi connectivity index (χ2v) is 7.11. The average molecular weight is 341 g/mol. The van der Waals surface area contributed by atoms with Crippen LogP contribution >= 0.6 is 0 Å². The lowest BCUT2D eigenvalue weighted by molar-refractivity contribution is -0.0246. The molecule has 25 heavy (non-hydrogen) atoms. The summed E-state index contributed by atoms with van der Waals surface area (Å²) in [6.07, 6.45) is 6.79. The molecule has 6 nitrogen and oxygen atoms in total. The number of carbonyl (C=O) groups excluding carboxylic acids is 1. The number of phenolic OH excluding ortho intramolecular Hbond substituents is 1. The number of nitrogens with zero attached hydrogens (tertiary/aromatic N) is 1. The van der Waals surface area contributed by atoms with Crippen molar-refractivity contribution in [3.8, 4) is 17.0 Å². The Morgan fingerprint density at radius 3 is 2.88 bits per heavy atom. The number of nitrogens with one attached hydrogen (secondary N) is 2. The second kappa shape index (κ2) is 6.52. The SMILES string of the molecule is O=C(NC1COC2(CCCCC2)C1)c1cc(-c2ccccc2O)n[nH]1. The quantitative estimate of drug-likeness (QED) is 0.801. The van der Waals surface area contributed by atoms with E-state index in [1.54, 1.807) is 24.3 Å². The molecule has 132 valence electrons. The molecule has 2 aliphatic rings. The van der Waals surface area contributed by atoms with Crippen LogP contribution in [-0.2, 0) is 4.74 Å². The summed E-state index contributed by atoms with van der Waals surface area (Å²) in [7, 11) is 0. The van der Waals surface area contributed by atoms with Crippen LogP contribution in [0.15, 0.2) is 30.3 Å². The van der Waals surface area contributed by atoms with Gasteiger partial charge in [-0.2, -0.15) is 5.10 Å². The zero-order valence-electron chi connectivity index (χ0n) is 14.1. The van der Waals surface area contributed by atoms with Crippen LogP contribution in [-0.4, -0.2) is 39.5 Å². The van der Waals surface area contributed by atoms with Crippen LogP contribution in [0, 0.1) is 0 Å². The number of para-hydroxylation sites is 1. The van der Waals surface area contributed by atoms with Crippen LogP contribution in [0.1, 0.15) is 49.0 Å². The summed E-state index contributed by atoms with van der Waals surface area (Å²) in [4.78, 5) is 12.5. The molecule has 1 aromatic carbocycles. The highest BCUT2D eigenvalue weighted by Gasteiger charge is 2.41. The molecule has 2 fully saturated rings. The maximum Gasteiger partial charge on any atom is 0.269 e. The Morgan fingerprint density at radius 2 is 2.08 bits per heavy atom. The molecule has 0 bridgehead atoms. The zero-order valence-corrected chi connectivity index (χ0v) is 14.1. The normalized spacial score (nSPS) is 22.2. The minimum atomic E-state index is -0.185. The summed E-state index contributed by atoms with van der Waals surface area (Å²) >= 11 is 0. The Labute approximate surface area is 146 Å². The first kappa shape index (κ1) is 16.1. The number of benzene rings is 1. The molecule has 6 heteroatoms. The lowest BCUT2D eigenvalue weighted by Gasteiger charge is -2.32. The van der Waals surface area contributed by atoms with Gasteiger partial charge in [-0.05, 0) is 37.5 Å². The third-order valence-corrected chi connectivity index (χ3v) is 5.31. The largest absolute Gasteiger partial charge is 0.507 e. The van der Waals surface area contributed by atoms with Crippen molar-refractivity contribution in [3.05, 3.63) is 36.0 Å². The first-order valence-corrected chi connectivity index (χ1v) is 8.94. The minimum Gasteiger partial charge on any atom is -0.507 e. The number of rotatable bonds is 3. The Balaban J connectivity index is 1.42. The highest BCUT2D eigenvalue weighted by Crippen LogP contribution is 2.39. The molecule has 1 aliphatic heterocycles. The molecule has 1 spiro atoms. The summed E-state index contributed by atoms with van der Waals surface area (Å²) in [6.45, 7) is 0.576. The van der Waals surface area contributed by atoms with Gasteiger partial charge in [-0.3, -0.25) is 9.89 Å². The Kier molecular flexibility index (Phi) is 4.21. The van der Waals surface area contributed by atoms with E-state index in [4.69, 9.17) is 4.74 Å². The number of amides is 1. The number of aromatic hydroxyl groups is 1. The molecule has 0 radical (unpaired) electrons. The summed E-state index contributed by atoms with van der Waals surface area (Å²) in [5, 5.41) is 19.9. The summed E-state index contributed by atoms with van der Waals surface area (Å²) in [5.41, 5.74) is 1.52. The maximum atomic E-state index is 12.5. The van der Waals surface area contributed by atoms with E-state index in [1.165, 1.54) is 19.3 Å². The number of phenols is 1. The van der Waals surface area contributed by atoms with Crippen molar-refractivity contribution in [2.24, 2.45) is 0 Å². The van der Waals surface area contributed by atoms with Gasteiger partial charge in [-0.1, -0.05) is 31.4 Å². The summed E-state index contributed by atoms with van der Waals surface area (Å²) in [6, 6.07) is 8.65. The van der Waals surface area contributed by atoms with Crippen LogP contribution in [0.25, 0.3) is 11.3 Å². The molecule has 1 atom stereocenters. The van der Waals surface area contributed by atoms with E-state index in [0.29, 0.717) is 23.6 Å². The van der Waals surface area contributed by atoms with Gasteiger partial charge in [0.2, 0.25) is 0 Å². The highest BCUT2D eigenvalue weighted by atomic mass is 16.5. The fraction of sp³-hybridized carbons (Fsp3) is 0.474. The highest BCUT2D eigenvalue weighted by molar-refractivity contribution is 5.93. The predicted molar refractivity (Wildman–Crippen MR) is 93.3 cm³/mol. The van der Waals surface area contributed by atoms with Gasteiger partial charge >= 0.3 is 0 Å². The number of hydrogen-bond donors (Lipinski definition) is 3. The number of hydrogen-bond acceptors (Lipinski definition) is 4. The van der Waals surface area contributed by atoms with E-state index in [-0.39, 0.29) is 23.3 Å². The summed E-state index contributed by atoms with van der Waals surface area (Å²) < 4.78 is 6.05. The summed E-state index contributed by atoms with van der Waals surface area (Å²) in [5.74, 6) is -0.0416. The molecule has 3 N–H and O–H groups in total. The Bertz CT molecular complexity index is 765. The van der Waals surface area contributed by atoms with Crippen molar-refractivity contribution < 1.29 is 14.6 Å². The van der Waals surface area contributed by atoms with Crippen molar-refractivity contribution in [1.29, 1.82) is 0 Å². The van der Waals surface area contributed by atoms with Gasteiger partial charge in [0.05, 0.1) is 23.9 Å². The van der Waals surface area contributed by atoms with Gasteiger partial charge in [0.1, 0.15) is 11.4 Å². The number of H-pyrrole nitrogens is 1. The molecule has 1 amide bonds. The van der Waals surface area contributed by atoms with Crippen LogP contribution in [0.2, 0.25) is 0 Å². The van der Waals surface area contributed by atoms with Crippen molar-refractivity contribution in [3.63, 3.8) is 0 Å². The van der Waals surface area contributed by atoms with E-state index >= 15 is 0 Å². The molecular weight excluding hydrogens is 318 g/mol. The minimum absolute atomic E-state index is 0.0226. The van der Waals surface area contributed by atoms with Gasteiger partial charge in [-0.15, -0.1) is 0 Å². The maximum absolute atomic E-state index is 12.5. The van der Waals surface area contributed by atoms with Gasteiger partial charge < -0.3 is 15.2 Å². The van der Waals surface area contributed by atoms with Crippen molar-refractivity contribution in [2.75, 3.05) is 6.61 Å².